The van der Waals surface area contributed by atoms with Crippen LogP contribution in [0.15, 0.2) is 31.0 Å². The van der Waals surface area contributed by atoms with Gasteiger partial charge in [-0.3, -0.25) is 19.6 Å². The number of likely N-dealkylation sites (tertiary alicyclic amines) is 1. The topological polar surface area (TPSA) is 114 Å². The lowest BCUT2D eigenvalue weighted by Crippen LogP contribution is -2.51. The Kier molecular flexibility index (Phi) is 9.41. The molecule has 4 rings (SSSR count). The summed E-state index contributed by atoms with van der Waals surface area (Å²) >= 11 is 0. The van der Waals surface area contributed by atoms with Crippen molar-refractivity contribution in [2.75, 3.05) is 43.7 Å². The minimum absolute atomic E-state index is 0.0259. The van der Waals surface area contributed by atoms with E-state index in [9.17, 15) is 14.4 Å². The zero-order valence-electron chi connectivity index (χ0n) is 25.0. The first kappa shape index (κ1) is 31.5. The number of piperidine rings is 1. The Morgan fingerprint density at radius 1 is 1.12 bits per heavy atom. The number of hydrogen-bond donors (Lipinski definition) is 1. The van der Waals surface area contributed by atoms with Crippen molar-refractivity contribution in [3.8, 4) is 11.5 Å². The fourth-order valence-corrected chi connectivity index (χ4v) is 5.06. The number of hydrogen-bond acceptors (Lipinski definition) is 7. The van der Waals surface area contributed by atoms with E-state index in [1.54, 1.807) is 31.7 Å². The maximum atomic E-state index is 15.5. The van der Waals surface area contributed by atoms with Crippen LogP contribution in [0.1, 0.15) is 44.9 Å². The van der Waals surface area contributed by atoms with Crippen LogP contribution in [0.25, 0.3) is 0 Å². The molecule has 2 aliphatic rings. The van der Waals surface area contributed by atoms with Gasteiger partial charge in [0.2, 0.25) is 5.91 Å². The van der Waals surface area contributed by atoms with Crippen molar-refractivity contribution in [2.24, 2.45) is 5.92 Å². The van der Waals surface area contributed by atoms with E-state index in [0.717, 1.165) is 17.0 Å². The molecule has 13 heteroatoms. The number of anilines is 2. The first-order chi connectivity index (χ1) is 20.4. The molecular weight excluding hydrogens is 564 g/mol. The van der Waals surface area contributed by atoms with E-state index in [4.69, 9.17) is 14.2 Å². The number of urea groups is 1. The number of carbonyl (C=O) groups is 3. The van der Waals surface area contributed by atoms with Crippen molar-refractivity contribution in [3.63, 3.8) is 0 Å². The summed E-state index contributed by atoms with van der Waals surface area (Å²) in [4.78, 5) is 46.9. The fourth-order valence-electron chi connectivity index (χ4n) is 5.06. The molecule has 0 unspecified atom stereocenters. The molecule has 1 aromatic carbocycles. The molecule has 3 heterocycles. The number of ether oxygens (including phenoxy) is 3. The minimum atomic E-state index is -1.04. The first-order valence-corrected chi connectivity index (χ1v) is 13.9. The third-order valence-corrected chi connectivity index (χ3v) is 7.26. The molecule has 1 fully saturated rings. The Hall–Kier alpha value is -4.42. The highest BCUT2D eigenvalue weighted by molar-refractivity contribution is 6.06. The van der Waals surface area contributed by atoms with Crippen LogP contribution in [0, 0.1) is 17.6 Å². The first-order valence-electron chi connectivity index (χ1n) is 13.9. The molecular formula is C30H37F2N5O6. The molecule has 0 atom stereocenters. The molecule has 0 bridgehead atoms. The third kappa shape index (κ3) is 6.98. The van der Waals surface area contributed by atoms with Crippen molar-refractivity contribution in [1.29, 1.82) is 0 Å². The SMILES string of the molecule is C=CC(=O)NCc1cc2c(cn1)CN(c1c(F)c(OC)cc(OC)c1F)C(=O)N2CC1CCN(C(=O)OC(C)(C)C)CC1. The molecule has 0 radical (unpaired) electrons. The number of halogens is 2. The van der Waals surface area contributed by atoms with Gasteiger partial charge in [0.25, 0.3) is 0 Å². The molecule has 232 valence electrons. The molecule has 43 heavy (non-hydrogen) atoms. The molecule has 0 aliphatic carbocycles. The number of rotatable bonds is 8. The second kappa shape index (κ2) is 12.8. The van der Waals surface area contributed by atoms with Gasteiger partial charge in [-0.1, -0.05) is 6.58 Å². The number of nitrogens with one attached hydrogen (secondary N) is 1. The standard InChI is InChI=1S/C30H37F2N5O6/c1-7-24(38)34-15-20-12-21-19(14-33-20)17-37(27-25(31)22(41-5)13-23(42-6)26(27)32)28(39)36(21)16-18-8-10-35(11-9-18)29(40)43-30(2,3)4/h7,12-14,18H,1,8-11,15-17H2,2-6H3,(H,34,38). The molecule has 1 N–H and O–H groups in total. The lowest BCUT2D eigenvalue weighted by atomic mass is 9.95. The van der Waals surface area contributed by atoms with Gasteiger partial charge in [-0.05, 0) is 51.7 Å². The zero-order valence-corrected chi connectivity index (χ0v) is 25.0. The van der Waals surface area contributed by atoms with Gasteiger partial charge in [-0.2, -0.15) is 0 Å². The number of amides is 4. The smallest absolute Gasteiger partial charge is 0.410 e. The Balaban J connectivity index is 1.66. The summed E-state index contributed by atoms with van der Waals surface area (Å²) in [7, 11) is 2.47. The van der Waals surface area contributed by atoms with Crippen LogP contribution < -0.4 is 24.6 Å². The minimum Gasteiger partial charge on any atom is -0.493 e. The number of pyridine rings is 1. The molecule has 0 spiro atoms. The average Bonchev–Trinajstić information content (AvgIpc) is 2.97. The number of benzene rings is 1. The van der Waals surface area contributed by atoms with Crippen molar-refractivity contribution < 1.29 is 37.4 Å². The van der Waals surface area contributed by atoms with Gasteiger partial charge in [0.15, 0.2) is 23.1 Å². The van der Waals surface area contributed by atoms with Gasteiger partial charge in [-0.25, -0.2) is 18.4 Å². The Morgan fingerprint density at radius 3 is 2.30 bits per heavy atom. The Labute approximate surface area is 249 Å². The van der Waals surface area contributed by atoms with Crippen molar-refractivity contribution in [2.45, 2.75) is 52.3 Å². The van der Waals surface area contributed by atoms with Crippen LogP contribution in [0.2, 0.25) is 0 Å². The number of methoxy groups -OCH3 is 2. The summed E-state index contributed by atoms with van der Waals surface area (Å²) in [6.45, 7) is 9.86. The van der Waals surface area contributed by atoms with Crippen molar-refractivity contribution >= 4 is 29.4 Å². The summed E-state index contributed by atoms with van der Waals surface area (Å²) in [6, 6.07) is 2.11. The van der Waals surface area contributed by atoms with Gasteiger partial charge in [0, 0.05) is 37.5 Å². The van der Waals surface area contributed by atoms with E-state index in [1.807, 2.05) is 0 Å². The molecule has 4 amide bonds. The zero-order chi connectivity index (χ0) is 31.5. The summed E-state index contributed by atoms with van der Waals surface area (Å²) < 4.78 is 46.7. The molecule has 1 aromatic heterocycles. The quantitative estimate of drug-likeness (QED) is 0.434. The fraction of sp³-hybridized carbons (Fsp3) is 0.467. The van der Waals surface area contributed by atoms with E-state index in [1.165, 1.54) is 25.3 Å². The van der Waals surface area contributed by atoms with Crippen LogP contribution >= 0.6 is 0 Å². The molecule has 2 aromatic rings. The maximum Gasteiger partial charge on any atom is 0.410 e. The van der Waals surface area contributed by atoms with E-state index in [2.05, 4.69) is 16.9 Å². The number of fused-ring (bicyclic) bond motifs is 1. The van der Waals surface area contributed by atoms with Crippen LogP contribution in [-0.2, 0) is 22.6 Å². The second-order valence-electron chi connectivity index (χ2n) is 11.4. The normalized spacial score (nSPS) is 15.6. The van der Waals surface area contributed by atoms with Crippen LogP contribution in [0.3, 0.4) is 0 Å². The summed E-state index contributed by atoms with van der Waals surface area (Å²) in [6.07, 6.45) is 3.44. The lowest BCUT2D eigenvalue weighted by Gasteiger charge is -2.40. The molecule has 0 saturated carbocycles. The second-order valence-corrected chi connectivity index (χ2v) is 11.4. The number of aromatic nitrogens is 1. The summed E-state index contributed by atoms with van der Waals surface area (Å²) in [5.41, 5.74) is 0.333. The van der Waals surface area contributed by atoms with Crippen molar-refractivity contribution in [1.82, 2.24) is 15.2 Å². The van der Waals surface area contributed by atoms with Crippen molar-refractivity contribution in [3.05, 3.63) is 53.9 Å². The van der Waals surface area contributed by atoms with Gasteiger partial charge >= 0.3 is 12.1 Å². The molecule has 1 saturated heterocycles. The van der Waals surface area contributed by atoms with Gasteiger partial charge in [0.1, 0.15) is 11.3 Å². The third-order valence-electron chi connectivity index (χ3n) is 7.26. The Morgan fingerprint density at radius 2 is 1.74 bits per heavy atom. The average molecular weight is 602 g/mol. The predicted octanol–water partition coefficient (Wildman–Crippen LogP) is 4.77. The predicted molar refractivity (Wildman–Crippen MR) is 155 cm³/mol. The van der Waals surface area contributed by atoms with Crippen LogP contribution in [0.4, 0.5) is 29.7 Å². The highest BCUT2D eigenvalue weighted by atomic mass is 19.1. The summed E-state index contributed by atoms with van der Waals surface area (Å²) in [5.74, 6) is -3.05. The monoisotopic (exact) mass is 601 g/mol. The van der Waals surface area contributed by atoms with E-state index in [0.29, 0.717) is 42.9 Å². The molecule has 2 aliphatic heterocycles. The van der Waals surface area contributed by atoms with Gasteiger partial charge < -0.3 is 24.4 Å². The van der Waals surface area contributed by atoms with Crippen LogP contribution in [-0.4, -0.2) is 67.4 Å². The highest BCUT2D eigenvalue weighted by Crippen LogP contribution is 2.41. The highest BCUT2D eigenvalue weighted by Gasteiger charge is 2.38. The molecule has 11 nitrogen and oxygen atoms in total. The Bertz CT molecular complexity index is 1380. The number of nitrogens with zero attached hydrogens (tertiary/aromatic N) is 4. The maximum absolute atomic E-state index is 15.5. The van der Waals surface area contributed by atoms with E-state index >= 15 is 8.78 Å². The van der Waals surface area contributed by atoms with Crippen LogP contribution in [0.5, 0.6) is 11.5 Å². The van der Waals surface area contributed by atoms with Gasteiger partial charge in [0.05, 0.1) is 38.7 Å². The number of carbonyl (C=O) groups excluding carboxylic acids is 3. The largest absolute Gasteiger partial charge is 0.493 e. The van der Waals surface area contributed by atoms with Gasteiger partial charge in [-0.15, -0.1) is 0 Å². The lowest BCUT2D eigenvalue weighted by molar-refractivity contribution is -0.116. The van der Waals surface area contributed by atoms with E-state index in [-0.39, 0.29) is 43.0 Å². The van der Waals surface area contributed by atoms with E-state index < -0.39 is 35.0 Å². The summed E-state index contributed by atoms with van der Waals surface area (Å²) in [5, 5.41) is 2.66.